The van der Waals surface area contributed by atoms with Gasteiger partial charge in [-0.15, -0.1) is 10.2 Å². The van der Waals surface area contributed by atoms with E-state index in [0.717, 1.165) is 16.8 Å². The molecule has 4 rings (SSSR count). The fourth-order valence-corrected chi connectivity index (χ4v) is 3.02. The summed E-state index contributed by atoms with van der Waals surface area (Å²) < 4.78 is 5.66. The molecule has 0 amide bonds. The van der Waals surface area contributed by atoms with Crippen LogP contribution in [0.1, 0.15) is 11.4 Å². The Labute approximate surface area is 164 Å². The minimum absolute atomic E-state index is 0.143. The van der Waals surface area contributed by atoms with Crippen molar-refractivity contribution in [3.8, 4) is 11.5 Å². The Kier molecular flexibility index (Phi) is 5.11. The summed E-state index contributed by atoms with van der Waals surface area (Å²) in [5.41, 5.74) is 8.62. The molecule has 0 saturated heterocycles. The van der Waals surface area contributed by atoms with E-state index in [1.165, 1.54) is 11.8 Å². The Hall–Kier alpha value is -3.53. The monoisotopic (exact) mass is 392 g/mol. The van der Waals surface area contributed by atoms with Crippen LogP contribution >= 0.6 is 11.8 Å². The molecule has 4 aromatic rings. The fraction of sp³-hybridized carbons (Fsp3) is 0.111. The average Bonchev–Trinajstić information content (AvgIpc) is 3.18. The van der Waals surface area contributed by atoms with Crippen LogP contribution in [-0.2, 0) is 5.75 Å². The van der Waals surface area contributed by atoms with Gasteiger partial charge in [-0.2, -0.15) is 15.0 Å². The number of nitrogens with two attached hydrogens (primary N) is 1. The third kappa shape index (κ3) is 4.23. The van der Waals surface area contributed by atoms with E-state index in [2.05, 4.69) is 35.5 Å². The van der Waals surface area contributed by atoms with Crippen LogP contribution in [0.25, 0.3) is 11.5 Å². The van der Waals surface area contributed by atoms with Gasteiger partial charge in [0.2, 0.25) is 17.8 Å². The van der Waals surface area contributed by atoms with E-state index in [0.29, 0.717) is 28.6 Å². The Balaban J connectivity index is 1.46. The number of para-hydroxylation sites is 1. The van der Waals surface area contributed by atoms with Crippen molar-refractivity contribution in [1.29, 1.82) is 0 Å². The third-order valence-corrected chi connectivity index (χ3v) is 4.56. The van der Waals surface area contributed by atoms with E-state index in [1.807, 2.05) is 31.2 Å². The zero-order valence-electron chi connectivity index (χ0n) is 14.9. The second kappa shape index (κ2) is 8.01. The lowest BCUT2D eigenvalue weighted by Crippen LogP contribution is -2.07. The van der Waals surface area contributed by atoms with Crippen LogP contribution in [0.3, 0.4) is 0 Å². The largest absolute Gasteiger partial charge is 0.411 e. The topological polar surface area (TPSA) is 129 Å². The fourth-order valence-electron chi connectivity index (χ4n) is 2.40. The van der Waals surface area contributed by atoms with Crippen LogP contribution in [-0.4, -0.2) is 30.1 Å². The molecule has 0 atom stereocenters. The van der Waals surface area contributed by atoms with E-state index in [9.17, 15) is 0 Å². The normalized spacial score (nSPS) is 10.8. The van der Waals surface area contributed by atoms with E-state index in [4.69, 9.17) is 10.2 Å². The van der Waals surface area contributed by atoms with E-state index in [-0.39, 0.29) is 5.95 Å². The lowest BCUT2D eigenvalue weighted by molar-refractivity contribution is 0.465. The van der Waals surface area contributed by atoms with Gasteiger partial charge in [0.1, 0.15) is 5.82 Å². The maximum Gasteiger partial charge on any atom is 0.277 e. The lowest BCUT2D eigenvalue weighted by atomic mass is 10.2. The van der Waals surface area contributed by atoms with E-state index in [1.54, 1.807) is 24.5 Å². The summed E-state index contributed by atoms with van der Waals surface area (Å²) in [6.45, 7) is 2.00. The SMILES string of the molecule is Cc1ccccc1Nc1nc(N)nc(CSc2nnc(-c3ccncc3)o2)n1. The second-order valence-corrected chi connectivity index (χ2v) is 6.70. The lowest BCUT2D eigenvalue weighted by Gasteiger charge is -2.09. The van der Waals surface area contributed by atoms with Gasteiger partial charge < -0.3 is 15.5 Å². The zero-order valence-corrected chi connectivity index (χ0v) is 15.7. The highest BCUT2D eigenvalue weighted by atomic mass is 32.2. The standard InChI is InChI=1S/C18H16N8OS/c1-11-4-2-3-5-13(11)21-17-23-14(22-16(19)24-17)10-28-18-26-25-15(27-18)12-6-8-20-9-7-12/h2-9H,10H2,1H3,(H3,19,21,22,23,24). The molecule has 10 heteroatoms. The summed E-state index contributed by atoms with van der Waals surface area (Å²) in [5, 5.41) is 11.7. The summed E-state index contributed by atoms with van der Waals surface area (Å²) in [6.07, 6.45) is 3.34. The molecule has 3 heterocycles. The Morgan fingerprint density at radius 1 is 1.04 bits per heavy atom. The minimum Gasteiger partial charge on any atom is -0.411 e. The molecule has 0 unspecified atom stereocenters. The highest BCUT2D eigenvalue weighted by Gasteiger charge is 2.11. The molecule has 0 saturated carbocycles. The van der Waals surface area contributed by atoms with Gasteiger partial charge in [0, 0.05) is 23.6 Å². The highest BCUT2D eigenvalue weighted by Crippen LogP contribution is 2.25. The van der Waals surface area contributed by atoms with Gasteiger partial charge >= 0.3 is 0 Å². The number of hydrogen-bond acceptors (Lipinski definition) is 10. The first-order valence-electron chi connectivity index (χ1n) is 8.37. The average molecular weight is 392 g/mol. The van der Waals surface area contributed by atoms with Crippen molar-refractivity contribution in [2.24, 2.45) is 0 Å². The quantitative estimate of drug-likeness (QED) is 0.472. The molecule has 3 N–H and O–H groups in total. The van der Waals surface area contributed by atoms with Gasteiger partial charge in [-0.3, -0.25) is 4.98 Å². The number of anilines is 3. The molecule has 1 aromatic carbocycles. The number of hydrogen-bond donors (Lipinski definition) is 2. The van der Waals surface area contributed by atoms with Crippen LogP contribution in [0.5, 0.6) is 0 Å². The molecule has 0 fully saturated rings. The molecule has 0 aliphatic rings. The first-order valence-corrected chi connectivity index (χ1v) is 9.36. The molecule has 0 aliphatic heterocycles. The predicted octanol–water partition coefficient (Wildman–Crippen LogP) is 3.24. The maximum absolute atomic E-state index is 5.83. The van der Waals surface area contributed by atoms with Crippen LogP contribution in [0, 0.1) is 6.92 Å². The predicted molar refractivity (Wildman–Crippen MR) is 106 cm³/mol. The minimum atomic E-state index is 0.143. The first-order chi connectivity index (χ1) is 13.7. The summed E-state index contributed by atoms with van der Waals surface area (Å²) in [7, 11) is 0. The van der Waals surface area contributed by atoms with Gasteiger partial charge in [0.05, 0.1) is 5.75 Å². The van der Waals surface area contributed by atoms with Gasteiger partial charge in [-0.05, 0) is 30.7 Å². The van der Waals surface area contributed by atoms with Crippen molar-refractivity contribution >= 4 is 29.3 Å². The molecule has 9 nitrogen and oxygen atoms in total. The zero-order chi connectivity index (χ0) is 19.3. The summed E-state index contributed by atoms with van der Waals surface area (Å²) in [6, 6.07) is 11.5. The molecule has 0 radical (unpaired) electrons. The van der Waals surface area contributed by atoms with Crippen molar-refractivity contribution in [3.05, 3.63) is 60.2 Å². The number of nitrogen functional groups attached to an aromatic ring is 1. The van der Waals surface area contributed by atoms with Crippen molar-refractivity contribution < 1.29 is 4.42 Å². The number of pyridine rings is 1. The molecular weight excluding hydrogens is 376 g/mol. The number of nitrogens with zero attached hydrogens (tertiary/aromatic N) is 6. The van der Waals surface area contributed by atoms with Crippen LogP contribution in [0.2, 0.25) is 0 Å². The summed E-state index contributed by atoms with van der Waals surface area (Å²) in [5.74, 6) is 1.89. The molecule has 0 bridgehead atoms. The Morgan fingerprint density at radius 2 is 1.86 bits per heavy atom. The molecule has 3 aromatic heterocycles. The Morgan fingerprint density at radius 3 is 2.68 bits per heavy atom. The molecule has 28 heavy (non-hydrogen) atoms. The van der Waals surface area contributed by atoms with E-state index >= 15 is 0 Å². The van der Waals surface area contributed by atoms with Gasteiger partial charge in [0.25, 0.3) is 5.22 Å². The molecular formula is C18H16N8OS. The van der Waals surface area contributed by atoms with Crippen LogP contribution in [0.4, 0.5) is 17.6 Å². The second-order valence-electron chi connectivity index (χ2n) is 5.77. The van der Waals surface area contributed by atoms with Crippen molar-refractivity contribution in [2.45, 2.75) is 17.9 Å². The van der Waals surface area contributed by atoms with Gasteiger partial charge in [-0.25, -0.2) is 0 Å². The number of aryl methyl sites for hydroxylation is 1. The van der Waals surface area contributed by atoms with Crippen molar-refractivity contribution in [1.82, 2.24) is 30.1 Å². The third-order valence-electron chi connectivity index (χ3n) is 3.75. The first kappa shape index (κ1) is 17.9. The molecule has 0 aliphatic carbocycles. The van der Waals surface area contributed by atoms with Gasteiger partial charge in [-0.1, -0.05) is 30.0 Å². The van der Waals surface area contributed by atoms with Crippen molar-refractivity contribution in [2.75, 3.05) is 11.1 Å². The number of aromatic nitrogens is 6. The number of thioether (sulfide) groups is 1. The molecule has 140 valence electrons. The van der Waals surface area contributed by atoms with E-state index < -0.39 is 0 Å². The highest BCUT2D eigenvalue weighted by molar-refractivity contribution is 7.98. The van der Waals surface area contributed by atoms with Gasteiger partial charge in [0.15, 0.2) is 0 Å². The maximum atomic E-state index is 5.83. The molecule has 0 spiro atoms. The number of nitrogens with one attached hydrogen (secondary N) is 1. The number of rotatable bonds is 6. The summed E-state index contributed by atoms with van der Waals surface area (Å²) in [4.78, 5) is 16.7. The summed E-state index contributed by atoms with van der Waals surface area (Å²) >= 11 is 1.32. The van der Waals surface area contributed by atoms with Crippen molar-refractivity contribution in [3.63, 3.8) is 0 Å². The van der Waals surface area contributed by atoms with Crippen LogP contribution < -0.4 is 11.1 Å². The smallest absolute Gasteiger partial charge is 0.277 e. The number of benzene rings is 1. The van der Waals surface area contributed by atoms with Crippen LogP contribution in [0.15, 0.2) is 58.4 Å². The Bertz CT molecular complexity index is 1090.